The van der Waals surface area contributed by atoms with E-state index < -0.39 is 10.0 Å². The molecule has 0 unspecified atom stereocenters. The predicted octanol–water partition coefficient (Wildman–Crippen LogP) is 2.42. The van der Waals surface area contributed by atoms with Crippen molar-refractivity contribution in [3.05, 3.63) is 22.8 Å². The van der Waals surface area contributed by atoms with Crippen LogP contribution in [0.1, 0.15) is 30.5 Å². The number of aryl methyl sites for hydroxylation is 1. The molecule has 0 amide bonds. The van der Waals surface area contributed by atoms with Gasteiger partial charge in [0, 0.05) is 13.1 Å². The van der Waals surface area contributed by atoms with Crippen molar-refractivity contribution in [2.24, 2.45) is 0 Å². The van der Waals surface area contributed by atoms with Gasteiger partial charge in [0.05, 0.1) is 24.2 Å². The molecule has 0 saturated carbocycles. The van der Waals surface area contributed by atoms with E-state index in [1.807, 2.05) is 34.6 Å². The Kier molecular flexibility index (Phi) is 4.84. The number of rotatable bonds is 3. The van der Waals surface area contributed by atoms with E-state index in [1.165, 1.54) is 4.31 Å². The summed E-state index contributed by atoms with van der Waals surface area (Å²) < 4.78 is 38.6. The van der Waals surface area contributed by atoms with Crippen LogP contribution in [0.25, 0.3) is 0 Å². The average Bonchev–Trinajstić information content (AvgIpc) is 2.42. The lowest BCUT2D eigenvalue weighted by molar-refractivity contribution is -0.0440. The van der Waals surface area contributed by atoms with Crippen LogP contribution >= 0.6 is 0 Å². The summed E-state index contributed by atoms with van der Waals surface area (Å²) in [5.74, 6) is 0.750. The molecule has 0 N–H and O–H groups in total. The number of ether oxygens (including phenoxy) is 2. The van der Waals surface area contributed by atoms with Gasteiger partial charge in [-0.3, -0.25) is 0 Å². The molecule has 6 heteroatoms. The summed E-state index contributed by atoms with van der Waals surface area (Å²) in [5.41, 5.74) is 2.45. The second-order valence-corrected chi connectivity index (χ2v) is 7.96. The first-order valence-electron chi connectivity index (χ1n) is 7.48. The third-order valence-electron chi connectivity index (χ3n) is 4.19. The summed E-state index contributed by atoms with van der Waals surface area (Å²) >= 11 is 0. The maximum absolute atomic E-state index is 13.0. The van der Waals surface area contributed by atoms with Crippen molar-refractivity contribution in [3.8, 4) is 5.75 Å². The van der Waals surface area contributed by atoms with Gasteiger partial charge in [-0.1, -0.05) is 0 Å². The molecular weight excluding hydrogens is 302 g/mol. The van der Waals surface area contributed by atoms with Gasteiger partial charge in [0.1, 0.15) is 5.75 Å². The first-order valence-corrected chi connectivity index (χ1v) is 8.92. The highest BCUT2D eigenvalue weighted by Gasteiger charge is 2.33. The van der Waals surface area contributed by atoms with Gasteiger partial charge in [-0.2, -0.15) is 4.31 Å². The van der Waals surface area contributed by atoms with Crippen molar-refractivity contribution in [1.29, 1.82) is 0 Å². The minimum atomic E-state index is -3.53. The molecule has 22 heavy (non-hydrogen) atoms. The highest BCUT2D eigenvalue weighted by molar-refractivity contribution is 7.89. The number of sulfonamides is 1. The van der Waals surface area contributed by atoms with Gasteiger partial charge in [-0.15, -0.1) is 0 Å². The Hall–Kier alpha value is -1.11. The zero-order valence-electron chi connectivity index (χ0n) is 14.1. The van der Waals surface area contributed by atoms with Crippen molar-refractivity contribution in [1.82, 2.24) is 4.31 Å². The quantitative estimate of drug-likeness (QED) is 0.855. The maximum atomic E-state index is 13.0. The minimum Gasteiger partial charge on any atom is -0.496 e. The van der Waals surface area contributed by atoms with Crippen molar-refractivity contribution < 1.29 is 17.9 Å². The molecule has 1 aliphatic heterocycles. The van der Waals surface area contributed by atoms with E-state index in [2.05, 4.69) is 0 Å². The number of morpholine rings is 1. The molecule has 1 saturated heterocycles. The van der Waals surface area contributed by atoms with E-state index >= 15 is 0 Å². The van der Waals surface area contributed by atoms with Crippen LogP contribution in [0.15, 0.2) is 11.0 Å². The highest BCUT2D eigenvalue weighted by atomic mass is 32.2. The molecule has 0 aliphatic carbocycles. The smallest absolute Gasteiger partial charge is 0.243 e. The first-order chi connectivity index (χ1) is 10.2. The van der Waals surface area contributed by atoms with Crippen molar-refractivity contribution >= 4 is 10.0 Å². The second-order valence-electron chi connectivity index (χ2n) is 6.05. The van der Waals surface area contributed by atoms with E-state index in [-0.39, 0.29) is 12.2 Å². The maximum Gasteiger partial charge on any atom is 0.243 e. The Balaban J connectivity index is 2.50. The second kappa shape index (κ2) is 6.18. The summed E-state index contributed by atoms with van der Waals surface area (Å²) in [5, 5.41) is 0. The molecule has 1 aromatic carbocycles. The molecule has 0 radical (unpaired) electrons. The molecule has 1 aromatic rings. The number of methoxy groups -OCH3 is 1. The first kappa shape index (κ1) is 17.2. The standard InChI is InChI=1S/C16H25NO4S/c1-10-7-15(13(4)14(5)16(10)20-6)22(18,19)17-8-11(2)21-12(3)9-17/h7,11-12H,8-9H2,1-6H3/t11-,12-/m1/s1. The SMILES string of the molecule is COc1c(C)cc(S(=O)(=O)N2C[C@@H](C)O[C@H](C)C2)c(C)c1C. The Bertz CT molecular complexity index is 659. The fraction of sp³-hybridized carbons (Fsp3) is 0.625. The summed E-state index contributed by atoms with van der Waals surface area (Å²) in [6, 6.07) is 1.71. The summed E-state index contributed by atoms with van der Waals surface area (Å²) in [6.45, 7) is 10.2. The van der Waals surface area contributed by atoms with Crippen LogP contribution in [0.5, 0.6) is 5.75 Å². The van der Waals surface area contributed by atoms with Crippen LogP contribution < -0.4 is 4.74 Å². The van der Waals surface area contributed by atoms with Gasteiger partial charge in [-0.25, -0.2) is 8.42 Å². The Morgan fingerprint density at radius 2 is 1.68 bits per heavy atom. The molecular formula is C16H25NO4S. The lowest BCUT2D eigenvalue weighted by atomic mass is 10.1. The van der Waals surface area contributed by atoms with E-state index in [9.17, 15) is 8.42 Å². The summed E-state index contributed by atoms with van der Waals surface area (Å²) in [7, 11) is -1.93. The van der Waals surface area contributed by atoms with Crippen LogP contribution in [0.3, 0.4) is 0 Å². The Morgan fingerprint density at radius 1 is 1.14 bits per heavy atom. The molecule has 0 bridgehead atoms. The minimum absolute atomic E-state index is 0.0979. The number of benzene rings is 1. The van der Waals surface area contributed by atoms with E-state index in [0.29, 0.717) is 18.0 Å². The van der Waals surface area contributed by atoms with Crippen LogP contribution in [0, 0.1) is 20.8 Å². The molecule has 2 atom stereocenters. The molecule has 2 rings (SSSR count). The summed E-state index contributed by atoms with van der Waals surface area (Å²) in [6.07, 6.45) is -0.196. The van der Waals surface area contributed by atoms with Crippen LogP contribution in [0.2, 0.25) is 0 Å². The van der Waals surface area contributed by atoms with Gasteiger partial charge >= 0.3 is 0 Å². The van der Waals surface area contributed by atoms with Gasteiger partial charge < -0.3 is 9.47 Å². The van der Waals surface area contributed by atoms with E-state index in [4.69, 9.17) is 9.47 Å². The van der Waals surface area contributed by atoms with Gasteiger partial charge in [0.15, 0.2) is 0 Å². The van der Waals surface area contributed by atoms with Crippen molar-refractivity contribution in [2.75, 3.05) is 20.2 Å². The normalized spacial score (nSPS) is 23.5. The fourth-order valence-corrected chi connectivity index (χ4v) is 5.03. The molecule has 1 heterocycles. The highest BCUT2D eigenvalue weighted by Crippen LogP contribution is 2.33. The largest absolute Gasteiger partial charge is 0.496 e. The lowest BCUT2D eigenvalue weighted by Gasteiger charge is -2.35. The predicted molar refractivity (Wildman–Crippen MR) is 86.0 cm³/mol. The molecule has 124 valence electrons. The van der Waals surface area contributed by atoms with Crippen LogP contribution in [-0.2, 0) is 14.8 Å². The monoisotopic (exact) mass is 327 g/mol. The Morgan fingerprint density at radius 3 is 2.18 bits per heavy atom. The van der Waals surface area contributed by atoms with Crippen LogP contribution in [-0.4, -0.2) is 45.1 Å². The molecule has 0 spiro atoms. The molecule has 1 fully saturated rings. The molecule has 1 aliphatic rings. The fourth-order valence-electron chi connectivity index (χ4n) is 3.07. The zero-order valence-corrected chi connectivity index (χ0v) is 15.0. The Labute approximate surface area is 133 Å². The topological polar surface area (TPSA) is 55.8 Å². The van der Waals surface area contributed by atoms with Gasteiger partial charge in [0.25, 0.3) is 0 Å². The number of hydrogen-bond donors (Lipinski definition) is 0. The lowest BCUT2D eigenvalue weighted by Crippen LogP contribution is -2.48. The zero-order chi connectivity index (χ0) is 16.7. The average molecular weight is 327 g/mol. The third-order valence-corrected chi connectivity index (χ3v) is 6.14. The van der Waals surface area contributed by atoms with E-state index in [0.717, 1.165) is 22.4 Å². The van der Waals surface area contributed by atoms with E-state index in [1.54, 1.807) is 13.2 Å². The summed E-state index contributed by atoms with van der Waals surface area (Å²) in [4.78, 5) is 0.365. The van der Waals surface area contributed by atoms with Gasteiger partial charge in [0.2, 0.25) is 10.0 Å². The number of nitrogens with zero attached hydrogens (tertiary/aromatic N) is 1. The van der Waals surface area contributed by atoms with Crippen molar-refractivity contribution in [3.63, 3.8) is 0 Å². The van der Waals surface area contributed by atoms with Gasteiger partial charge in [-0.05, 0) is 57.4 Å². The molecule has 5 nitrogen and oxygen atoms in total. The third kappa shape index (κ3) is 3.00. The number of hydrogen-bond acceptors (Lipinski definition) is 4. The van der Waals surface area contributed by atoms with Crippen molar-refractivity contribution in [2.45, 2.75) is 51.7 Å². The molecule has 0 aromatic heterocycles. The van der Waals surface area contributed by atoms with Crippen LogP contribution in [0.4, 0.5) is 0 Å².